The fourth-order valence-corrected chi connectivity index (χ4v) is 3.16. The van der Waals surface area contributed by atoms with Crippen LogP contribution >= 0.6 is 24.8 Å². The summed E-state index contributed by atoms with van der Waals surface area (Å²) in [5, 5.41) is 2.77. The lowest BCUT2D eigenvalue weighted by Gasteiger charge is -2.42. The van der Waals surface area contributed by atoms with Gasteiger partial charge >= 0.3 is 0 Å². The molecule has 2 fully saturated rings. The molecule has 0 unspecified atom stereocenters. The van der Waals surface area contributed by atoms with Gasteiger partial charge in [0.2, 0.25) is 11.8 Å². The van der Waals surface area contributed by atoms with Crippen LogP contribution in [0.1, 0.15) is 12.8 Å². The molecule has 9 heteroatoms. The van der Waals surface area contributed by atoms with Crippen molar-refractivity contribution in [3.63, 3.8) is 0 Å². The van der Waals surface area contributed by atoms with Crippen molar-refractivity contribution in [2.75, 3.05) is 59.0 Å². The summed E-state index contributed by atoms with van der Waals surface area (Å²) in [7, 11) is 0. The van der Waals surface area contributed by atoms with Crippen LogP contribution in [-0.2, 0) is 14.3 Å². The van der Waals surface area contributed by atoms with Crippen LogP contribution in [0.15, 0.2) is 12.7 Å². The van der Waals surface area contributed by atoms with Gasteiger partial charge in [0.15, 0.2) is 0 Å². The molecule has 0 aromatic carbocycles. The van der Waals surface area contributed by atoms with Gasteiger partial charge in [-0.05, 0) is 12.8 Å². The molecule has 2 saturated heterocycles. The third-order valence-electron chi connectivity index (χ3n) is 4.76. The minimum atomic E-state index is -0.457. The normalized spacial score (nSPS) is 20.0. The molecule has 2 heterocycles. The number of hydrogen-bond donors (Lipinski definition) is 2. The monoisotopic (exact) mass is 396 g/mol. The van der Waals surface area contributed by atoms with E-state index in [1.807, 2.05) is 4.90 Å². The molecule has 0 aromatic heterocycles. The smallest absolute Gasteiger partial charge is 0.234 e. The maximum Gasteiger partial charge on any atom is 0.234 e. The van der Waals surface area contributed by atoms with Gasteiger partial charge < -0.3 is 20.7 Å². The molecule has 146 valence electrons. The number of piperazine rings is 1. The van der Waals surface area contributed by atoms with Crippen LogP contribution in [0.5, 0.6) is 0 Å². The molecular weight excluding hydrogens is 367 g/mol. The maximum absolute atomic E-state index is 12.9. The molecular formula is C16H30Cl2N4O3. The standard InChI is InChI=1S/C16H28N4O3.2ClH/c1-2-5-18-14(21)12-19-6-8-20(9-7-19)15(22)16(13-17)3-10-23-11-4-16;;/h2H,1,3-13,17H2,(H,18,21);2*1H. The summed E-state index contributed by atoms with van der Waals surface area (Å²) in [6.45, 7) is 8.73. The van der Waals surface area contributed by atoms with E-state index in [2.05, 4.69) is 16.8 Å². The van der Waals surface area contributed by atoms with E-state index in [4.69, 9.17) is 10.5 Å². The maximum atomic E-state index is 12.9. The summed E-state index contributed by atoms with van der Waals surface area (Å²) in [5.74, 6) is 0.145. The van der Waals surface area contributed by atoms with Crippen LogP contribution in [0.4, 0.5) is 0 Å². The zero-order chi connectivity index (χ0) is 16.7. The minimum absolute atomic E-state index is 0. The molecule has 0 spiro atoms. The third kappa shape index (κ3) is 6.42. The first-order chi connectivity index (χ1) is 11.1. The lowest BCUT2D eigenvalue weighted by Crippen LogP contribution is -2.57. The largest absolute Gasteiger partial charge is 0.381 e. The van der Waals surface area contributed by atoms with Crippen LogP contribution in [0, 0.1) is 5.41 Å². The van der Waals surface area contributed by atoms with E-state index in [1.165, 1.54) is 0 Å². The predicted octanol–water partition coefficient (Wildman–Crippen LogP) is 0.0319. The Morgan fingerprint density at radius 2 is 1.76 bits per heavy atom. The Bertz CT molecular complexity index is 437. The molecule has 0 saturated carbocycles. The number of nitrogens with one attached hydrogen (secondary N) is 1. The number of amides is 2. The molecule has 2 rings (SSSR count). The molecule has 3 N–H and O–H groups in total. The molecule has 0 radical (unpaired) electrons. The quantitative estimate of drug-likeness (QED) is 0.618. The fraction of sp³-hybridized carbons (Fsp3) is 0.750. The van der Waals surface area contributed by atoms with Gasteiger partial charge in [0.1, 0.15) is 0 Å². The van der Waals surface area contributed by atoms with Crippen molar-refractivity contribution in [2.45, 2.75) is 12.8 Å². The van der Waals surface area contributed by atoms with Crippen LogP contribution in [0.3, 0.4) is 0 Å². The number of ether oxygens (including phenoxy) is 1. The van der Waals surface area contributed by atoms with E-state index in [0.29, 0.717) is 71.9 Å². The van der Waals surface area contributed by atoms with E-state index < -0.39 is 5.41 Å². The highest BCUT2D eigenvalue weighted by atomic mass is 35.5. The van der Waals surface area contributed by atoms with E-state index in [9.17, 15) is 9.59 Å². The highest BCUT2D eigenvalue weighted by molar-refractivity contribution is 5.85. The van der Waals surface area contributed by atoms with Crippen molar-refractivity contribution in [3.8, 4) is 0 Å². The summed E-state index contributed by atoms with van der Waals surface area (Å²) in [4.78, 5) is 28.5. The van der Waals surface area contributed by atoms with Crippen molar-refractivity contribution in [2.24, 2.45) is 11.1 Å². The van der Waals surface area contributed by atoms with Gasteiger partial charge in [-0.15, -0.1) is 31.4 Å². The van der Waals surface area contributed by atoms with Gasteiger partial charge in [-0.3, -0.25) is 14.5 Å². The number of nitrogens with zero attached hydrogens (tertiary/aromatic N) is 2. The summed E-state index contributed by atoms with van der Waals surface area (Å²) in [5.41, 5.74) is 5.45. The van der Waals surface area contributed by atoms with Crippen molar-refractivity contribution in [1.82, 2.24) is 15.1 Å². The Labute approximate surface area is 162 Å². The highest BCUT2D eigenvalue weighted by Crippen LogP contribution is 2.32. The fourth-order valence-electron chi connectivity index (χ4n) is 3.16. The zero-order valence-corrected chi connectivity index (χ0v) is 16.2. The van der Waals surface area contributed by atoms with Gasteiger partial charge in [0.25, 0.3) is 0 Å². The average Bonchev–Trinajstić information content (AvgIpc) is 2.60. The van der Waals surface area contributed by atoms with Gasteiger partial charge in [0, 0.05) is 52.5 Å². The topological polar surface area (TPSA) is 87.9 Å². The van der Waals surface area contributed by atoms with E-state index >= 15 is 0 Å². The highest BCUT2D eigenvalue weighted by Gasteiger charge is 2.42. The number of carbonyl (C=O) groups excluding carboxylic acids is 2. The molecule has 0 atom stereocenters. The first-order valence-corrected chi connectivity index (χ1v) is 8.28. The second-order valence-electron chi connectivity index (χ2n) is 6.26. The van der Waals surface area contributed by atoms with Crippen LogP contribution in [0.2, 0.25) is 0 Å². The second kappa shape index (κ2) is 11.7. The Kier molecular flexibility index (Phi) is 11.3. The molecule has 0 aromatic rings. The van der Waals surface area contributed by atoms with Crippen molar-refractivity contribution in [1.29, 1.82) is 0 Å². The Morgan fingerprint density at radius 1 is 1.16 bits per heavy atom. The van der Waals surface area contributed by atoms with Crippen LogP contribution < -0.4 is 11.1 Å². The molecule has 0 aliphatic carbocycles. The van der Waals surface area contributed by atoms with Crippen molar-refractivity contribution in [3.05, 3.63) is 12.7 Å². The Morgan fingerprint density at radius 3 is 2.28 bits per heavy atom. The number of rotatable bonds is 6. The zero-order valence-electron chi connectivity index (χ0n) is 14.6. The summed E-state index contributed by atoms with van der Waals surface area (Å²) >= 11 is 0. The van der Waals surface area contributed by atoms with Gasteiger partial charge in [0.05, 0.1) is 12.0 Å². The number of carbonyl (C=O) groups is 2. The number of nitrogens with two attached hydrogens (primary N) is 1. The Balaban J connectivity index is 0.00000288. The molecule has 0 bridgehead atoms. The summed E-state index contributed by atoms with van der Waals surface area (Å²) in [6.07, 6.45) is 3.06. The summed E-state index contributed by atoms with van der Waals surface area (Å²) < 4.78 is 5.37. The first-order valence-electron chi connectivity index (χ1n) is 8.28. The molecule has 2 aliphatic heterocycles. The lowest BCUT2D eigenvalue weighted by atomic mass is 9.78. The van der Waals surface area contributed by atoms with Crippen molar-refractivity contribution >= 4 is 36.6 Å². The number of hydrogen-bond acceptors (Lipinski definition) is 5. The van der Waals surface area contributed by atoms with Gasteiger partial charge in [-0.1, -0.05) is 6.08 Å². The third-order valence-corrected chi connectivity index (χ3v) is 4.76. The predicted molar refractivity (Wildman–Crippen MR) is 102 cm³/mol. The van der Waals surface area contributed by atoms with Crippen LogP contribution in [0.25, 0.3) is 0 Å². The van der Waals surface area contributed by atoms with Crippen molar-refractivity contribution < 1.29 is 14.3 Å². The van der Waals surface area contributed by atoms with Gasteiger partial charge in [-0.25, -0.2) is 0 Å². The van der Waals surface area contributed by atoms with E-state index in [1.54, 1.807) is 6.08 Å². The van der Waals surface area contributed by atoms with E-state index in [-0.39, 0.29) is 36.6 Å². The van der Waals surface area contributed by atoms with Gasteiger partial charge in [-0.2, -0.15) is 0 Å². The summed E-state index contributed by atoms with van der Waals surface area (Å²) in [6, 6.07) is 0. The molecule has 7 nitrogen and oxygen atoms in total. The Hall–Kier alpha value is -0.860. The van der Waals surface area contributed by atoms with E-state index in [0.717, 1.165) is 0 Å². The first kappa shape index (κ1) is 24.1. The second-order valence-corrected chi connectivity index (χ2v) is 6.26. The molecule has 25 heavy (non-hydrogen) atoms. The number of halogens is 2. The molecule has 2 amide bonds. The lowest BCUT2D eigenvalue weighted by molar-refractivity contribution is -0.149. The van der Waals surface area contributed by atoms with Crippen LogP contribution in [-0.4, -0.2) is 80.6 Å². The SMILES string of the molecule is C=CCNC(=O)CN1CCN(C(=O)C2(CN)CCOCC2)CC1.Cl.Cl. The molecule has 2 aliphatic rings. The minimum Gasteiger partial charge on any atom is -0.381 e. The average molecular weight is 397 g/mol.